The molecule has 2 heterocycles. The number of nitrogen functional groups attached to an aromatic ring is 1. The number of nitrogens with zero attached hydrogens (tertiary/aromatic N) is 4. The Morgan fingerprint density at radius 2 is 2.26 bits per heavy atom. The monoisotopic (exact) mass is 260 g/mol. The maximum Gasteiger partial charge on any atom is 0.134 e. The van der Waals surface area contributed by atoms with Crippen LogP contribution in [0, 0.1) is 0 Å². The Bertz CT molecular complexity index is 494. The van der Waals surface area contributed by atoms with E-state index in [0.717, 1.165) is 43.7 Å². The van der Waals surface area contributed by atoms with Gasteiger partial charge in [0.1, 0.15) is 18.0 Å². The molecule has 0 radical (unpaired) electrons. The van der Waals surface area contributed by atoms with Gasteiger partial charge in [-0.25, -0.2) is 9.97 Å². The summed E-state index contributed by atoms with van der Waals surface area (Å²) in [6.45, 7) is 3.85. The number of hydrogen-bond donors (Lipinski definition) is 2. The highest BCUT2D eigenvalue weighted by Crippen LogP contribution is 2.18. The lowest BCUT2D eigenvalue weighted by Gasteiger charge is -2.11. The van der Waals surface area contributed by atoms with Crippen molar-refractivity contribution in [2.45, 2.75) is 32.7 Å². The molecule has 2 aromatic heterocycles. The summed E-state index contributed by atoms with van der Waals surface area (Å²) in [7, 11) is 0. The van der Waals surface area contributed by atoms with Crippen molar-refractivity contribution in [1.82, 2.24) is 19.7 Å². The molecule has 102 valence electrons. The fourth-order valence-corrected chi connectivity index (χ4v) is 1.96. The van der Waals surface area contributed by atoms with E-state index < -0.39 is 0 Å². The maximum absolute atomic E-state index is 5.88. The molecule has 0 aliphatic heterocycles. The molecule has 2 aromatic rings. The topological polar surface area (TPSA) is 81.6 Å². The summed E-state index contributed by atoms with van der Waals surface area (Å²) >= 11 is 0. The lowest BCUT2D eigenvalue weighted by molar-refractivity contribution is 0.591. The first kappa shape index (κ1) is 13.3. The van der Waals surface area contributed by atoms with E-state index >= 15 is 0 Å². The zero-order valence-corrected chi connectivity index (χ0v) is 11.2. The van der Waals surface area contributed by atoms with Gasteiger partial charge in [-0.3, -0.25) is 4.68 Å². The third-order valence-electron chi connectivity index (χ3n) is 2.89. The summed E-state index contributed by atoms with van der Waals surface area (Å²) in [5.74, 6) is 1.43. The zero-order chi connectivity index (χ0) is 13.5. The molecule has 0 atom stereocenters. The first-order valence-electron chi connectivity index (χ1n) is 6.62. The minimum atomic E-state index is 0.575. The number of rotatable bonds is 7. The predicted octanol–water partition coefficient (Wildman–Crippen LogP) is 1.71. The molecule has 0 aromatic carbocycles. The number of nitrogens with two attached hydrogens (primary N) is 1. The number of hydrogen-bond acceptors (Lipinski definition) is 5. The van der Waals surface area contributed by atoms with Gasteiger partial charge in [-0.05, 0) is 18.9 Å². The summed E-state index contributed by atoms with van der Waals surface area (Å²) in [6.07, 6.45) is 8.16. The fraction of sp³-hybridized carbons (Fsp3) is 0.462. The minimum absolute atomic E-state index is 0.575. The molecule has 0 unspecified atom stereocenters. The van der Waals surface area contributed by atoms with Crippen molar-refractivity contribution in [3.63, 3.8) is 0 Å². The van der Waals surface area contributed by atoms with Crippen LogP contribution in [0.25, 0.3) is 0 Å². The standard InChI is InChI=1S/C13H20N6/c1-2-5-11-12(14)16-10-17-13(11)15-6-3-8-19-9-4-7-18-19/h4,7,9-10H,2-3,5-6,8H2,1H3,(H3,14,15,16,17). The molecule has 0 spiro atoms. The molecule has 19 heavy (non-hydrogen) atoms. The van der Waals surface area contributed by atoms with Gasteiger partial charge in [0.25, 0.3) is 0 Å². The number of aryl methyl sites for hydroxylation is 1. The van der Waals surface area contributed by atoms with E-state index in [-0.39, 0.29) is 0 Å². The van der Waals surface area contributed by atoms with Crippen LogP contribution >= 0.6 is 0 Å². The summed E-state index contributed by atoms with van der Waals surface area (Å²) < 4.78 is 1.92. The van der Waals surface area contributed by atoms with Crippen LogP contribution in [-0.2, 0) is 13.0 Å². The highest BCUT2D eigenvalue weighted by atomic mass is 15.3. The van der Waals surface area contributed by atoms with Gasteiger partial charge >= 0.3 is 0 Å². The summed E-state index contributed by atoms with van der Waals surface area (Å²) in [5.41, 5.74) is 6.90. The molecule has 0 saturated heterocycles. The molecular weight excluding hydrogens is 240 g/mol. The van der Waals surface area contributed by atoms with Crippen molar-refractivity contribution in [2.24, 2.45) is 0 Å². The lowest BCUT2D eigenvalue weighted by Crippen LogP contribution is -2.11. The highest BCUT2D eigenvalue weighted by Gasteiger charge is 2.07. The number of aromatic nitrogens is 4. The van der Waals surface area contributed by atoms with Gasteiger partial charge in [0, 0.05) is 31.0 Å². The van der Waals surface area contributed by atoms with Crippen molar-refractivity contribution in [3.05, 3.63) is 30.4 Å². The van der Waals surface area contributed by atoms with Gasteiger partial charge in [0.2, 0.25) is 0 Å². The van der Waals surface area contributed by atoms with Crippen molar-refractivity contribution >= 4 is 11.6 Å². The lowest BCUT2D eigenvalue weighted by atomic mass is 10.1. The van der Waals surface area contributed by atoms with E-state index in [9.17, 15) is 0 Å². The maximum atomic E-state index is 5.88. The van der Waals surface area contributed by atoms with Crippen LogP contribution < -0.4 is 11.1 Å². The second-order valence-electron chi connectivity index (χ2n) is 4.39. The summed E-state index contributed by atoms with van der Waals surface area (Å²) in [6, 6.07) is 1.93. The van der Waals surface area contributed by atoms with E-state index in [0.29, 0.717) is 5.82 Å². The summed E-state index contributed by atoms with van der Waals surface area (Å²) in [5, 5.41) is 7.49. The van der Waals surface area contributed by atoms with Crippen molar-refractivity contribution in [1.29, 1.82) is 0 Å². The molecular formula is C13H20N6. The third kappa shape index (κ3) is 3.67. The van der Waals surface area contributed by atoms with Gasteiger partial charge in [0.15, 0.2) is 0 Å². The third-order valence-corrected chi connectivity index (χ3v) is 2.89. The molecule has 3 N–H and O–H groups in total. The summed E-state index contributed by atoms with van der Waals surface area (Å²) in [4.78, 5) is 8.31. The van der Waals surface area contributed by atoms with E-state index in [4.69, 9.17) is 5.73 Å². The molecule has 2 rings (SSSR count). The Balaban J connectivity index is 1.86. The van der Waals surface area contributed by atoms with Crippen LogP contribution in [0.15, 0.2) is 24.8 Å². The van der Waals surface area contributed by atoms with Crippen LogP contribution in [0.4, 0.5) is 11.6 Å². The largest absolute Gasteiger partial charge is 0.383 e. The van der Waals surface area contributed by atoms with Crippen LogP contribution in [-0.4, -0.2) is 26.3 Å². The normalized spacial score (nSPS) is 10.6. The predicted molar refractivity (Wildman–Crippen MR) is 75.8 cm³/mol. The zero-order valence-electron chi connectivity index (χ0n) is 11.2. The van der Waals surface area contributed by atoms with Crippen LogP contribution in [0.1, 0.15) is 25.3 Å². The average molecular weight is 260 g/mol. The molecule has 0 aliphatic rings. The number of anilines is 2. The molecule has 0 amide bonds. The van der Waals surface area contributed by atoms with Crippen LogP contribution in [0.5, 0.6) is 0 Å². The molecule has 0 saturated carbocycles. The first-order valence-corrected chi connectivity index (χ1v) is 6.62. The average Bonchev–Trinajstić information content (AvgIpc) is 2.91. The van der Waals surface area contributed by atoms with Gasteiger partial charge < -0.3 is 11.1 Å². The van der Waals surface area contributed by atoms with Gasteiger partial charge in [0.05, 0.1) is 0 Å². The highest BCUT2D eigenvalue weighted by molar-refractivity contribution is 5.54. The minimum Gasteiger partial charge on any atom is -0.383 e. The van der Waals surface area contributed by atoms with E-state index in [1.54, 1.807) is 6.20 Å². The molecule has 0 aliphatic carbocycles. The SMILES string of the molecule is CCCc1c(N)ncnc1NCCCn1cccn1. The number of nitrogens with one attached hydrogen (secondary N) is 1. The van der Waals surface area contributed by atoms with Gasteiger partial charge in [-0.2, -0.15) is 5.10 Å². The smallest absolute Gasteiger partial charge is 0.134 e. The van der Waals surface area contributed by atoms with E-state index in [1.165, 1.54) is 6.33 Å². The van der Waals surface area contributed by atoms with Gasteiger partial charge in [-0.1, -0.05) is 13.3 Å². The second kappa shape index (κ2) is 6.72. The Morgan fingerprint density at radius 3 is 3.00 bits per heavy atom. The van der Waals surface area contributed by atoms with Crippen molar-refractivity contribution in [2.75, 3.05) is 17.6 Å². The van der Waals surface area contributed by atoms with Crippen molar-refractivity contribution < 1.29 is 0 Å². The fourth-order valence-electron chi connectivity index (χ4n) is 1.96. The van der Waals surface area contributed by atoms with Crippen LogP contribution in [0.2, 0.25) is 0 Å². The Hall–Kier alpha value is -2.11. The van der Waals surface area contributed by atoms with Crippen LogP contribution in [0.3, 0.4) is 0 Å². The molecule has 0 bridgehead atoms. The van der Waals surface area contributed by atoms with Crippen molar-refractivity contribution in [3.8, 4) is 0 Å². The Morgan fingerprint density at radius 1 is 1.37 bits per heavy atom. The Labute approximate surface area is 113 Å². The molecule has 0 fully saturated rings. The molecule has 6 nitrogen and oxygen atoms in total. The van der Waals surface area contributed by atoms with E-state index in [1.807, 2.05) is 16.9 Å². The van der Waals surface area contributed by atoms with Gasteiger partial charge in [-0.15, -0.1) is 0 Å². The Kier molecular flexibility index (Phi) is 4.72. The quantitative estimate of drug-likeness (QED) is 0.741. The molecule has 6 heteroatoms. The van der Waals surface area contributed by atoms with E-state index in [2.05, 4.69) is 27.3 Å². The first-order chi connectivity index (χ1) is 9.31. The second-order valence-corrected chi connectivity index (χ2v) is 4.39.